The van der Waals surface area contributed by atoms with Crippen molar-refractivity contribution in [3.8, 4) is 5.75 Å². The van der Waals surface area contributed by atoms with Gasteiger partial charge in [-0.3, -0.25) is 9.78 Å². The van der Waals surface area contributed by atoms with Crippen LogP contribution in [0.2, 0.25) is 0 Å². The first-order chi connectivity index (χ1) is 15.7. The quantitative estimate of drug-likeness (QED) is 0.446. The smallest absolute Gasteiger partial charge is 0.244 e. The molecule has 1 aliphatic rings. The minimum absolute atomic E-state index is 0.0668. The van der Waals surface area contributed by atoms with Crippen molar-refractivity contribution in [3.63, 3.8) is 0 Å². The number of hydrogen-bond donors (Lipinski definition) is 1. The van der Waals surface area contributed by atoms with Crippen LogP contribution >= 0.6 is 15.9 Å². The number of hydrogen-bond acceptors (Lipinski definition) is 4. The molecule has 1 aromatic heterocycles. The monoisotopic (exact) mass is 491 g/mol. The number of rotatable bonds is 8. The van der Waals surface area contributed by atoms with Crippen LogP contribution in [0.4, 0.5) is 5.69 Å². The van der Waals surface area contributed by atoms with Gasteiger partial charge in [-0.15, -0.1) is 0 Å². The van der Waals surface area contributed by atoms with Crippen LogP contribution in [0.5, 0.6) is 5.75 Å². The summed E-state index contributed by atoms with van der Waals surface area (Å²) in [4.78, 5) is 18.7. The van der Waals surface area contributed by atoms with E-state index in [2.05, 4.69) is 49.3 Å². The summed E-state index contributed by atoms with van der Waals surface area (Å²) in [5.41, 5.74) is 3.20. The second-order valence-corrected chi connectivity index (χ2v) is 8.79. The number of pyridine rings is 1. The fourth-order valence-electron chi connectivity index (χ4n) is 3.71. The topological polar surface area (TPSA) is 54.5 Å². The Hall–Kier alpha value is -3.12. The molecular weight excluding hydrogens is 466 g/mol. The third-order valence-corrected chi connectivity index (χ3v) is 5.95. The van der Waals surface area contributed by atoms with E-state index in [-0.39, 0.29) is 5.91 Å². The van der Waals surface area contributed by atoms with Gasteiger partial charge in [0.25, 0.3) is 0 Å². The van der Waals surface area contributed by atoms with Gasteiger partial charge in [-0.25, -0.2) is 0 Å². The summed E-state index contributed by atoms with van der Waals surface area (Å²) >= 11 is 3.53. The molecule has 2 heterocycles. The van der Waals surface area contributed by atoms with Gasteiger partial charge in [0.1, 0.15) is 12.4 Å². The van der Waals surface area contributed by atoms with Crippen LogP contribution in [0.3, 0.4) is 0 Å². The first-order valence-electron chi connectivity index (χ1n) is 10.7. The zero-order chi connectivity index (χ0) is 22.2. The van der Waals surface area contributed by atoms with Crippen molar-refractivity contribution >= 4 is 33.6 Å². The Morgan fingerprint density at radius 2 is 2.06 bits per heavy atom. The first kappa shape index (κ1) is 22.1. The predicted molar refractivity (Wildman–Crippen MR) is 132 cm³/mol. The lowest BCUT2D eigenvalue weighted by molar-refractivity contribution is -0.116. The number of benzene rings is 2. The highest BCUT2D eigenvalue weighted by molar-refractivity contribution is 9.10. The molecule has 4 rings (SSSR count). The standard InChI is InChI=1S/C26H26BrN3O2/c27-23-4-1-5-24(15-23)30-14-12-21(18-30)17-29-26(31)11-8-20-6-9-25(10-7-20)32-19-22-3-2-13-28-16-22/h1-11,13,15-16,21H,12,14,17-19H2,(H,29,31)/b11-8+. The molecule has 0 spiro atoms. The number of halogens is 1. The molecule has 0 aliphatic carbocycles. The Morgan fingerprint density at radius 3 is 2.84 bits per heavy atom. The highest BCUT2D eigenvalue weighted by atomic mass is 79.9. The molecule has 3 aromatic rings. The average Bonchev–Trinajstić information content (AvgIpc) is 3.31. The molecule has 1 amide bonds. The molecule has 1 unspecified atom stereocenters. The molecule has 1 fully saturated rings. The van der Waals surface area contributed by atoms with Crippen LogP contribution in [-0.2, 0) is 11.4 Å². The van der Waals surface area contributed by atoms with Gasteiger partial charge in [-0.05, 0) is 60.4 Å². The van der Waals surface area contributed by atoms with Crippen molar-refractivity contribution in [1.29, 1.82) is 0 Å². The van der Waals surface area contributed by atoms with Gasteiger partial charge in [-0.1, -0.05) is 40.2 Å². The number of nitrogens with one attached hydrogen (secondary N) is 1. The van der Waals surface area contributed by atoms with Crippen LogP contribution in [-0.4, -0.2) is 30.5 Å². The average molecular weight is 492 g/mol. The third kappa shape index (κ3) is 6.44. The van der Waals surface area contributed by atoms with Crippen molar-refractivity contribution < 1.29 is 9.53 Å². The molecule has 164 valence electrons. The molecule has 32 heavy (non-hydrogen) atoms. The predicted octanol–water partition coefficient (Wildman–Crippen LogP) is 5.08. The van der Waals surface area contributed by atoms with E-state index in [0.29, 0.717) is 19.1 Å². The third-order valence-electron chi connectivity index (χ3n) is 5.46. The molecule has 1 aliphatic heterocycles. The van der Waals surface area contributed by atoms with E-state index in [1.54, 1.807) is 18.5 Å². The molecule has 5 nitrogen and oxygen atoms in total. The van der Waals surface area contributed by atoms with Crippen molar-refractivity contribution in [3.05, 3.63) is 94.7 Å². The molecule has 1 saturated heterocycles. The van der Waals surface area contributed by atoms with Crippen LogP contribution < -0.4 is 15.0 Å². The minimum atomic E-state index is -0.0668. The SMILES string of the molecule is O=C(/C=C/c1ccc(OCc2cccnc2)cc1)NCC1CCN(c2cccc(Br)c2)C1. The molecule has 0 saturated carbocycles. The first-order valence-corrected chi connectivity index (χ1v) is 11.5. The highest BCUT2D eigenvalue weighted by Crippen LogP contribution is 2.26. The van der Waals surface area contributed by atoms with Crippen molar-refractivity contribution in [2.24, 2.45) is 5.92 Å². The molecule has 6 heteroatoms. The van der Waals surface area contributed by atoms with Crippen LogP contribution in [0.1, 0.15) is 17.5 Å². The Balaban J connectivity index is 1.20. The summed E-state index contributed by atoms with van der Waals surface area (Å²) in [6.07, 6.45) is 8.03. The Bertz CT molecular complexity index is 1050. The molecule has 0 radical (unpaired) electrons. The maximum atomic E-state index is 12.2. The van der Waals surface area contributed by atoms with Gasteiger partial charge in [0, 0.05) is 53.8 Å². The Morgan fingerprint density at radius 1 is 1.19 bits per heavy atom. The van der Waals surface area contributed by atoms with Crippen molar-refractivity contribution in [1.82, 2.24) is 10.3 Å². The highest BCUT2D eigenvalue weighted by Gasteiger charge is 2.22. The fraction of sp³-hybridized carbons (Fsp3) is 0.231. The molecule has 2 aromatic carbocycles. The normalized spacial score (nSPS) is 15.8. The van der Waals surface area contributed by atoms with Gasteiger partial charge >= 0.3 is 0 Å². The fourth-order valence-corrected chi connectivity index (χ4v) is 4.09. The van der Waals surface area contributed by atoms with E-state index >= 15 is 0 Å². The van der Waals surface area contributed by atoms with Crippen LogP contribution in [0, 0.1) is 5.92 Å². The van der Waals surface area contributed by atoms with Gasteiger partial charge in [-0.2, -0.15) is 0 Å². The van der Waals surface area contributed by atoms with E-state index in [4.69, 9.17) is 4.74 Å². The van der Waals surface area contributed by atoms with Crippen LogP contribution in [0.15, 0.2) is 83.6 Å². The molecule has 1 atom stereocenters. The summed E-state index contributed by atoms with van der Waals surface area (Å²) in [5, 5.41) is 3.04. The molecular formula is C26H26BrN3O2. The zero-order valence-corrected chi connectivity index (χ0v) is 19.4. The van der Waals surface area contributed by atoms with Gasteiger partial charge in [0.2, 0.25) is 5.91 Å². The largest absolute Gasteiger partial charge is 0.489 e. The van der Waals surface area contributed by atoms with Gasteiger partial charge in [0.05, 0.1) is 0 Å². The number of aromatic nitrogens is 1. The maximum absolute atomic E-state index is 12.2. The van der Waals surface area contributed by atoms with E-state index in [9.17, 15) is 4.79 Å². The number of nitrogens with zero attached hydrogens (tertiary/aromatic N) is 2. The van der Waals surface area contributed by atoms with E-state index in [0.717, 1.165) is 40.9 Å². The second kappa shape index (κ2) is 11.0. The summed E-state index contributed by atoms with van der Waals surface area (Å²) in [5.74, 6) is 1.18. The summed E-state index contributed by atoms with van der Waals surface area (Å²) in [6.45, 7) is 3.14. The maximum Gasteiger partial charge on any atom is 0.244 e. The van der Waals surface area contributed by atoms with Crippen molar-refractivity contribution in [2.45, 2.75) is 13.0 Å². The lowest BCUT2D eigenvalue weighted by Gasteiger charge is -2.19. The molecule has 0 bridgehead atoms. The lowest BCUT2D eigenvalue weighted by atomic mass is 10.1. The number of carbonyl (C=O) groups excluding carboxylic acids is 1. The number of amides is 1. The second-order valence-electron chi connectivity index (χ2n) is 7.88. The summed E-state index contributed by atoms with van der Waals surface area (Å²) in [7, 11) is 0. The number of anilines is 1. The number of ether oxygens (including phenoxy) is 1. The lowest BCUT2D eigenvalue weighted by Crippen LogP contribution is -2.29. The van der Waals surface area contributed by atoms with E-state index in [1.165, 1.54) is 5.69 Å². The van der Waals surface area contributed by atoms with E-state index in [1.807, 2.05) is 48.5 Å². The van der Waals surface area contributed by atoms with E-state index < -0.39 is 0 Å². The van der Waals surface area contributed by atoms with Crippen LogP contribution in [0.25, 0.3) is 6.08 Å². The Labute approximate surface area is 197 Å². The minimum Gasteiger partial charge on any atom is -0.489 e. The molecule has 1 N–H and O–H groups in total. The summed E-state index contributed by atoms with van der Waals surface area (Å²) in [6, 6.07) is 19.9. The van der Waals surface area contributed by atoms with Gasteiger partial charge < -0.3 is 15.0 Å². The zero-order valence-electron chi connectivity index (χ0n) is 17.8. The Kier molecular flexibility index (Phi) is 7.56. The number of carbonyl (C=O) groups is 1. The summed E-state index contributed by atoms with van der Waals surface area (Å²) < 4.78 is 6.85. The van der Waals surface area contributed by atoms with Crippen molar-refractivity contribution in [2.75, 3.05) is 24.5 Å². The van der Waals surface area contributed by atoms with Gasteiger partial charge in [0.15, 0.2) is 0 Å².